The van der Waals surface area contributed by atoms with Crippen LogP contribution in [0.4, 0.5) is 0 Å². The number of fused-ring (bicyclic) bond motifs is 1. The van der Waals surface area contributed by atoms with E-state index < -0.39 is 0 Å². The highest BCUT2D eigenvalue weighted by Crippen LogP contribution is 2.27. The van der Waals surface area contributed by atoms with E-state index in [0.29, 0.717) is 0 Å². The predicted octanol–water partition coefficient (Wildman–Crippen LogP) is 3.47. The second-order valence-electron chi connectivity index (χ2n) is 5.02. The van der Waals surface area contributed by atoms with E-state index in [2.05, 4.69) is 0 Å². The molecule has 0 radical (unpaired) electrons. The van der Waals surface area contributed by atoms with Crippen LogP contribution in [0.25, 0.3) is 0 Å². The molecule has 0 bridgehead atoms. The van der Waals surface area contributed by atoms with Crippen molar-refractivity contribution in [1.29, 1.82) is 0 Å². The molecule has 2 heteroatoms. The number of carbonyl (C=O) groups is 1. The van der Waals surface area contributed by atoms with Crippen molar-refractivity contribution < 1.29 is 9.53 Å². The van der Waals surface area contributed by atoms with E-state index in [1.54, 1.807) is 0 Å². The van der Waals surface area contributed by atoms with Gasteiger partial charge in [-0.2, -0.15) is 0 Å². The zero-order chi connectivity index (χ0) is 13.4. The molecule has 1 aliphatic heterocycles. The Labute approximate surface area is 113 Å². The molecule has 0 amide bonds. The van der Waals surface area contributed by atoms with Gasteiger partial charge in [0.15, 0.2) is 5.78 Å². The van der Waals surface area contributed by atoms with Gasteiger partial charge in [-0.15, -0.1) is 0 Å². The Kier molecular flexibility index (Phi) is 2.86. The number of ether oxygens (including phenoxy) is 1. The van der Waals surface area contributed by atoms with E-state index >= 15 is 0 Å². The molecule has 0 saturated heterocycles. The standard InChI is InChI=1S/C17H16O2/c1-11-4-3-5-12(2)16(11)17(18)14-6-7-15-13(10-14)8-9-19-15/h3-7,10H,8-9H2,1-2H3. The van der Waals surface area contributed by atoms with Crippen molar-refractivity contribution in [1.82, 2.24) is 0 Å². The molecule has 1 heterocycles. The normalized spacial score (nSPS) is 12.9. The second kappa shape index (κ2) is 4.54. The Morgan fingerprint density at radius 1 is 1.11 bits per heavy atom. The van der Waals surface area contributed by atoms with Crippen molar-refractivity contribution in [2.75, 3.05) is 6.61 Å². The Bertz CT molecular complexity index is 636. The largest absolute Gasteiger partial charge is 0.493 e. The van der Waals surface area contributed by atoms with Crippen LogP contribution < -0.4 is 4.74 Å². The van der Waals surface area contributed by atoms with E-state index in [1.165, 1.54) is 0 Å². The first-order valence-corrected chi connectivity index (χ1v) is 6.53. The third-order valence-corrected chi connectivity index (χ3v) is 3.66. The summed E-state index contributed by atoms with van der Waals surface area (Å²) < 4.78 is 5.48. The first-order valence-electron chi connectivity index (χ1n) is 6.53. The molecule has 3 rings (SSSR count). The monoisotopic (exact) mass is 252 g/mol. The summed E-state index contributed by atoms with van der Waals surface area (Å²) in [6.45, 7) is 4.68. The van der Waals surface area contributed by atoms with Crippen molar-refractivity contribution in [3.8, 4) is 5.75 Å². The van der Waals surface area contributed by atoms with E-state index in [1.807, 2.05) is 50.2 Å². The Balaban J connectivity index is 2.05. The summed E-state index contributed by atoms with van der Waals surface area (Å²) in [7, 11) is 0. The third kappa shape index (κ3) is 2.03. The Hall–Kier alpha value is -2.09. The molecule has 0 spiro atoms. The van der Waals surface area contributed by atoms with E-state index in [0.717, 1.165) is 46.6 Å². The quantitative estimate of drug-likeness (QED) is 0.765. The highest BCUT2D eigenvalue weighted by atomic mass is 16.5. The van der Waals surface area contributed by atoms with Gasteiger partial charge in [0.25, 0.3) is 0 Å². The number of hydrogen-bond acceptors (Lipinski definition) is 2. The molecule has 2 aromatic rings. The second-order valence-corrected chi connectivity index (χ2v) is 5.02. The van der Waals surface area contributed by atoms with Gasteiger partial charge in [-0.3, -0.25) is 4.79 Å². The predicted molar refractivity (Wildman–Crippen MR) is 75.0 cm³/mol. The number of aryl methyl sites for hydroxylation is 2. The molecule has 0 fully saturated rings. The van der Waals surface area contributed by atoms with Gasteiger partial charge in [0.1, 0.15) is 5.75 Å². The number of benzene rings is 2. The molecule has 2 aromatic carbocycles. The van der Waals surface area contributed by atoms with Gasteiger partial charge in [0, 0.05) is 17.5 Å². The van der Waals surface area contributed by atoms with Crippen molar-refractivity contribution >= 4 is 5.78 Å². The van der Waals surface area contributed by atoms with Gasteiger partial charge in [0.2, 0.25) is 0 Å². The maximum atomic E-state index is 12.6. The topological polar surface area (TPSA) is 26.3 Å². The SMILES string of the molecule is Cc1cccc(C)c1C(=O)c1ccc2c(c1)CCO2. The number of rotatable bonds is 2. The third-order valence-electron chi connectivity index (χ3n) is 3.66. The molecule has 0 aromatic heterocycles. The molecular weight excluding hydrogens is 236 g/mol. The summed E-state index contributed by atoms with van der Waals surface area (Å²) in [5.74, 6) is 1.02. The lowest BCUT2D eigenvalue weighted by atomic mass is 9.94. The van der Waals surface area contributed by atoms with Gasteiger partial charge >= 0.3 is 0 Å². The highest BCUT2D eigenvalue weighted by Gasteiger charge is 2.18. The molecular formula is C17H16O2. The number of ketones is 1. The van der Waals surface area contributed by atoms with Crippen LogP contribution >= 0.6 is 0 Å². The van der Waals surface area contributed by atoms with Crippen LogP contribution in [0.5, 0.6) is 5.75 Å². The fourth-order valence-electron chi connectivity index (χ4n) is 2.64. The lowest BCUT2D eigenvalue weighted by Gasteiger charge is -2.09. The molecule has 19 heavy (non-hydrogen) atoms. The number of hydrogen-bond donors (Lipinski definition) is 0. The van der Waals surface area contributed by atoms with Gasteiger partial charge in [-0.25, -0.2) is 0 Å². The van der Waals surface area contributed by atoms with Gasteiger partial charge < -0.3 is 4.74 Å². The highest BCUT2D eigenvalue weighted by molar-refractivity contribution is 6.11. The molecule has 96 valence electrons. The minimum Gasteiger partial charge on any atom is -0.493 e. The minimum absolute atomic E-state index is 0.102. The van der Waals surface area contributed by atoms with Gasteiger partial charge in [0.05, 0.1) is 6.61 Å². The molecule has 0 unspecified atom stereocenters. The average Bonchev–Trinajstić information content (AvgIpc) is 2.85. The average molecular weight is 252 g/mol. The van der Waals surface area contributed by atoms with E-state index in [-0.39, 0.29) is 5.78 Å². The van der Waals surface area contributed by atoms with Crippen molar-refractivity contribution in [2.24, 2.45) is 0 Å². The molecule has 2 nitrogen and oxygen atoms in total. The van der Waals surface area contributed by atoms with Crippen LogP contribution in [0.15, 0.2) is 36.4 Å². The summed E-state index contributed by atoms with van der Waals surface area (Å²) in [6, 6.07) is 11.7. The van der Waals surface area contributed by atoms with Crippen LogP contribution in [0, 0.1) is 13.8 Å². The fraction of sp³-hybridized carbons (Fsp3) is 0.235. The summed E-state index contributed by atoms with van der Waals surface area (Å²) in [6.07, 6.45) is 0.892. The Morgan fingerprint density at radius 2 is 1.84 bits per heavy atom. The van der Waals surface area contributed by atoms with Crippen LogP contribution in [-0.4, -0.2) is 12.4 Å². The zero-order valence-electron chi connectivity index (χ0n) is 11.2. The molecule has 0 saturated carbocycles. The lowest BCUT2D eigenvalue weighted by molar-refractivity contribution is 0.103. The van der Waals surface area contributed by atoms with Crippen LogP contribution in [-0.2, 0) is 6.42 Å². The summed E-state index contributed by atoms with van der Waals surface area (Å²) in [5, 5.41) is 0. The summed E-state index contributed by atoms with van der Waals surface area (Å²) in [4.78, 5) is 12.6. The Morgan fingerprint density at radius 3 is 2.58 bits per heavy atom. The van der Waals surface area contributed by atoms with Gasteiger partial charge in [-0.05, 0) is 48.7 Å². The molecule has 1 aliphatic rings. The van der Waals surface area contributed by atoms with E-state index in [9.17, 15) is 4.79 Å². The first-order chi connectivity index (χ1) is 9.16. The fourth-order valence-corrected chi connectivity index (χ4v) is 2.64. The minimum atomic E-state index is 0.102. The van der Waals surface area contributed by atoms with Crippen molar-refractivity contribution in [2.45, 2.75) is 20.3 Å². The molecule has 0 aliphatic carbocycles. The van der Waals surface area contributed by atoms with Crippen molar-refractivity contribution in [3.63, 3.8) is 0 Å². The first kappa shape index (κ1) is 12.0. The smallest absolute Gasteiger partial charge is 0.193 e. The zero-order valence-corrected chi connectivity index (χ0v) is 11.2. The van der Waals surface area contributed by atoms with E-state index in [4.69, 9.17) is 4.74 Å². The number of carbonyl (C=O) groups excluding carboxylic acids is 1. The molecule has 0 atom stereocenters. The maximum absolute atomic E-state index is 12.6. The lowest BCUT2D eigenvalue weighted by Crippen LogP contribution is -2.06. The van der Waals surface area contributed by atoms with Gasteiger partial charge in [-0.1, -0.05) is 18.2 Å². The van der Waals surface area contributed by atoms with Crippen LogP contribution in [0.1, 0.15) is 32.6 Å². The summed E-state index contributed by atoms with van der Waals surface area (Å²) in [5.41, 5.74) is 4.77. The summed E-state index contributed by atoms with van der Waals surface area (Å²) >= 11 is 0. The molecule has 0 N–H and O–H groups in total. The van der Waals surface area contributed by atoms with Crippen LogP contribution in [0.2, 0.25) is 0 Å². The maximum Gasteiger partial charge on any atom is 0.193 e. The van der Waals surface area contributed by atoms with Crippen LogP contribution in [0.3, 0.4) is 0 Å². The van der Waals surface area contributed by atoms with Crippen molar-refractivity contribution in [3.05, 3.63) is 64.2 Å².